The monoisotopic (exact) mass is 757 g/mol. The highest BCUT2D eigenvalue weighted by Crippen LogP contribution is 2.43. The standard InChI is InChI=1S/C37H44F4O8S2/c1-22(2)33-36(38,39)21-47-35(9,49-33)27-12-16-29(17-13-27)50(28-14-10-26(11-15-28)34(6,7)8)30-18-23(3)32(24(4)19-30)48-31(42)20-46-25(5)37(40,41)51(43,44)45/h10-19,22,25,33H,20-21H2,1-9H3/p+1. The maximum absolute atomic E-state index is 14.6. The minimum Gasteiger partial charge on any atom is -0.424 e. The molecule has 4 rings (SSSR count). The molecule has 0 amide bonds. The number of hydrogen-bond donors (Lipinski definition) is 1. The summed E-state index contributed by atoms with van der Waals surface area (Å²) in [4.78, 5) is 15.3. The smallest absolute Gasteiger partial charge is 0.394 e. The zero-order valence-electron chi connectivity index (χ0n) is 30.1. The zero-order valence-corrected chi connectivity index (χ0v) is 31.7. The highest BCUT2D eigenvalue weighted by Gasteiger charge is 2.53. The number of hydrogen-bond acceptors (Lipinski definition) is 7. The third-order valence-electron chi connectivity index (χ3n) is 8.64. The van der Waals surface area contributed by atoms with E-state index in [4.69, 9.17) is 23.5 Å². The highest BCUT2D eigenvalue weighted by atomic mass is 32.2. The van der Waals surface area contributed by atoms with Gasteiger partial charge in [0.15, 0.2) is 20.5 Å². The molecule has 0 aliphatic carbocycles. The molecule has 3 aromatic carbocycles. The van der Waals surface area contributed by atoms with Crippen LogP contribution in [0.1, 0.15) is 70.7 Å². The number of carbonyl (C=O) groups excluding carboxylic acids is 1. The first kappa shape index (κ1) is 40.8. The lowest BCUT2D eigenvalue weighted by atomic mass is 9.87. The lowest BCUT2D eigenvalue weighted by Crippen LogP contribution is -2.54. The number of esters is 1. The van der Waals surface area contributed by atoms with Crippen LogP contribution in [0.2, 0.25) is 0 Å². The Kier molecular flexibility index (Phi) is 11.8. The Morgan fingerprint density at radius 1 is 0.961 bits per heavy atom. The van der Waals surface area contributed by atoms with E-state index in [0.29, 0.717) is 23.6 Å². The predicted octanol–water partition coefficient (Wildman–Crippen LogP) is 8.37. The van der Waals surface area contributed by atoms with E-state index < -0.39 is 75.3 Å². The summed E-state index contributed by atoms with van der Waals surface area (Å²) in [5.74, 6) is -5.82. The summed E-state index contributed by atoms with van der Waals surface area (Å²) in [5.41, 5.74) is 2.77. The molecule has 1 fully saturated rings. The number of aryl methyl sites for hydroxylation is 2. The van der Waals surface area contributed by atoms with Crippen LogP contribution in [0.15, 0.2) is 75.4 Å². The number of benzene rings is 3. The molecule has 0 saturated carbocycles. The van der Waals surface area contributed by atoms with Crippen molar-refractivity contribution in [2.24, 2.45) is 5.92 Å². The molecule has 4 atom stereocenters. The molecule has 1 N–H and O–H groups in total. The van der Waals surface area contributed by atoms with Gasteiger partial charge in [-0.15, -0.1) is 0 Å². The summed E-state index contributed by atoms with van der Waals surface area (Å²) in [6.07, 6.45) is -3.64. The van der Waals surface area contributed by atoms with E-state index in [2.05, 4.69) is 45.0 Å². The predicted molar refractivity (Wildman–Crippen MR) is 185 cm³/mol. The van der Waals surface area contributed by atoms with Crippen LogP contribution in [0.25, 0.3) is 0 Å². The molecule has 1 heterocycles. The average Bonchev–Trinajstić information content (AvgIpc) is 3.02. The first-order valence-corrected chi connectivity index (χ1v) is 19.0. The Morgan fingerprint density at radius 3 is 1.94 bits per heavy atom. The van der Waals surface area contributed by atoms with Crippen molar-refractivity contribution in [3.05, 3.63) is 82.9 Å². The third-order valence-corrected chi connectivity index (χ3v) is 11.9. The fourth-order valence-electron chi connectivity index (χ4n) is 5.68. The fraction of sp³-hybridized carbons (Fsp3) is 0.486. The lowest BCUT2D eigenvalue weighted by molar-refractivity contribution is -0.368. The molecule has 51 heavy (non-hydrogen) atoms. The van der Waals surface area contributed by atoms with Crippen molar-refractivity contribution in [3.63, 3.8) is 0 Å². The van der Waals surface area contributed by atoms with Crippen LogP contribution in [-0.4, -0.2) is 55.5 Å². The van der Waals surface area contributed by atoms with Gasteiger partial charge in [0.2, 0.25) is 0 Å². The van der Waals surface area contributed by atoms with Crippen LogP contribution in [0, 0.1) is 19.8 Å². The van der Waals surface area contributed by atoms with Gasteiger partial charge in [-0.2, -0.15) is 17.2 Å². The highest BCUT2D eigenvalue weighted by molar-refractivity contribution is 7.97. The SMILES string of the molecule is Cc1cc([S+](c2ccc(C(C)(C)C)cc2)c2ccc(C3(C)OCC(F)(F)C(C(C)C)O3)cc2)cc(C)c1OC(=O)COC(C)C(F)(F)S(=O)(=O)O. The van der Waals surface area contributed by atoms with Crippen molar-refractivity contribution >= 4 is 27.0 Å². The van der Waals surface area contributed by atoms with E-state index in [1.807, 2.05) is 36.4 Å². The van der Waals surface area contributed by atoms with E-state index in [1.54, 1.807) is 34.6 Å². The number of rotatable bonds is 11. The van der Waals surface area contributed by atoms with Crippen molar-refractivity contribution < 1.29 is 54.3 Å². The molecule has 0 spiro atoms. The van der Waals surface area contributed by atoms with Crippen molar-refractivity contribution in [2.75, 3.05) is 13.2 Å². The Hall–Kier alpha value is -3.01. The van der Waals surface area contributed by atoms with E-state index in [9.17, 15) is 30.8 Å². The maximum atomic E-state index is 14.6. The number of ether oxygens (including phenoxy) is 4. The van der Waals surface area contributed by atoms with Crippen LogP contribution in [-0.2, 0) is 51.2 Å². The number of carbonyl (C=O) groups is 1. The van der Waals surface area contributed by atoms with Crippen LogP contribution >= 0.6 is 0 Å². The zero-order chi connectivity index (χ0) is 38.3. The van der Waals surface area contributed by atoms with Crippen molar-refractivity contribution in [2.45, 2.75) is 112 Å². The first-order chi connectivity index (χ1) is 23.4. The second-order valence-corrected chi connectivity index (χ2v) is 17.8. The quantitative estimate of drug-likeness (QED) is 0.0684. The third kappa shape index (κ3) is 8.97. The lowest BCUT2D eigenvalue weighted by Gasteiger charge is -2.44. The van der Waals surface area contributed by atoms with Crippen molar-refractivity contribution in [1.29, 1.82) is 0 Å². The van der Waals surface area contributed by atoms with Crippen LogP contribution in [0.3, 0.4) is 0 Å². The summed E-state index contributed by atoms with van der Waals surface area (Å²) >= 11 is 0. The Labute approximate surface area is 299 Å². The summed E-state index contributed by atoms with van der Waals surface area (Å²) in [6, 6.07) is 19.4. The molecular formula is C37H45F4O8S2+. The molecule has 14 heteroatoms. The molecule has 0 bridgehead atoms. The fourth-order valence-corrected chi connectivity index (χ4v) is 8.39. The molecule has 1 saturated heterocycles. The Bertz CT molecular complexity index is 1800. The van der Waals surface area contributed by atoms with Gasteiger partial charge in [0.05, 0.1) is 10.9 Å². The van der Waals surface area contributed by atoms with Crippen LogP contribution in [0.4, 0.5) is 17.6 Å². The second-order valence-electron chi connectivity index (χ2n) is 14.2. The summed E-state index contributed by atoms with van der Waals surface area (Å²) in [7, 11) is -6.46. The van der Waals surface area contributed by atoms with E-state index in [1.165, 1.54) is 0 Å². The van der Waals surface area contributed by atoms with Gasteiger partial charge in [0.25, 0.3) is 5.92 Å². The van der Waals surface area contributed by atoms with Gasteiger partial charge in [-0.3, -0.25) is 4.55 Å². The maximum Gasteiger partial charge on any atom is 0.394 e. The molecule has 1 aliphatic heterocycles. The van der Waals surface area contributed by atoms with Gasteiger partial charge < -0.3 is 18.9 Å². The molecule has 8 nitrogen and oxygen atoms in total. The largest absolute Gasteiger partial charge is 0.424 e. The molecule has 280 valence electrons. The topological polar surface area (TPSA) is 108 Å². The van der Waals surface area contributed by atoms with Crippen molar-refractivity contribution in [3.8, 4) is 5.75 Å². The normalized spacial score (nSPS) is 21.0. The Balaban J connectivity index is 1.67. The number of alkyl halides is 4. The average molecular weight is 758 g/mol. The van der Waals surface area contributed by atoms with Crippen molar-refractivity contribution in [1.82, 2.24) is 0 Å². The van der Waals surface area contributed by atoms with Crippen LogP contribution < -0.4 is 4.74 Å². The second kappa shape index (κ2) is 14.8. The van der Waals surface area contributed by atoms with Gasteiger partial charge in [0.1, 0.15) is 31.2 Å². The minimum atomic E-state index is -5.76. The molecule has 1 aliphatic rings. The molecule has 0 aromatic heterocycles. The molecule has 3 aromatic rings. The van der Waals surface area contributed by atoms with Crippen LogP contribution in [0.5, 0.6) is 5.75 Å². The van der Waals surface area contributed by atoms with Gasteiger partial charge in [-0.05, 0) is 92.1 Å². The van der Waals surface area contributed by atoms with E-state index in [0.717, 1.165) is 20.2 Å². The summed E-state index contributed by atoms with van der Waals surface area (Å²) in [6.45, 7) is 13.8. The molecule has 4 unspecified atom stereocenters. The molecule has 0 radical (unpaired) electrons. The van der Waals surface area contributed by atoms with E-state index >= 15 is 0 Å². The van der Waals surface area contributed by atoms with Gasteiger partial charge in [-0.25, -0.2) is 13.6 Å². The Morgan fingerprint density at radius 2 is 1.47 bits per heavy atom. The van der Waals surface area contributed by atoms with Gasteiger partial charge in [0, 0.05) is 17.7 Å². The number of halogens is 4. The first-order valence-electron chi connectivity index (χ1n) is 16.3. The van der Waals surface area contributed by atoms with Gasteiger partial charge >= 0.3 is 21.3 Å². The van der Waals surface area contributed by atoms with E-state index in [-0.39, 0.29) is 11.2 Å². The van der Waals surface area contributed by atoms with Gasteiger partial charge in [-0.1, -0.05) is 46.8 Å². The molecular weight excluding hydrogens is 713 g/mol. The summed E-state index contributed by atoms with van der Waals surface area (Å²) in [5, 5.41) is -4.63. The minimum absolute atomic E-state index is 0.0820. The summed E-state index contributed by atoms with van der Waals surface area (Å²) < 4.78 is 109.